The summed E-state index contributed by atoms with van der Waals surface area (Å²) in [6, 6.07) is 38.5. The van der Waals surface area contributed by atoms with Crippen LogP contribution < -0.4 is 5.19 Å². The summed E-state index contributed by atoms with van der Waals surface area (Å²) in [6.07, 6.45) is 3.88. The van der Waals surface area contributed by atoms with E-state index >= 15 is 0 Å². The molecule has 0 spiro atoms. The molecule has 0 unspecified atom stereocenters. The highest BCUT2D eigenvalue weighted by Gasteiger charge is 2.26. The Morgan fingerprint density at radius 3 is 1.88 bits per heavy atom. The van der Waals surface area contributed by atoms with E-state index in [4.69, 9.17) is 9.97 Å². The maximum atomic E-state index is 11.2. The van der Waals surface area contributed by atoms with Crippen molar-refractivity contribution in [3.05, 3.63) is 133 Å². The Morgan fingerprint density at radius 1 is 0.577 bits per heavy atom. The summed E-state index contributed by atoms with van der Waals surface area (Å²) in [7, 11) is -1.69. The summed E-state index contributed by atoms with van der Waals surface area (Å²) in [4.78, 5) is 14.9. The second kappa shape index (κ2) is 13.0. The normalized spacial score (nSPS) is 12.4. The molecular weight excluding hydrogens is 653 g/mol. The number of aromatic nitrogens is 4. The largest absolute Gasteiger partial charge is 0.493 e. The zero-order chi connectivity index (χ0) is 37.0. The maximum absolute atomic E-state index is 11.2. The van der Waals surface area contributed by atoms with E-state index in [0.717, 1.165) is 44.7 Å². The quantitative estimate of drug-likeness (QED) is 0.175. The van der Waals surface area contributed by atoms with Gasteiger partial charge in [0.2, 0.25) is 5.88 Å². The minimum Gasteiger partial charge on any atom is -0.493 e. The Labute approximate surface area is 309 Å². The zero-order valence-electron chi connectivity index (χ0n) is 31.8. The maximum Gasteiger partial charge on any atom is 0.222 e. The number of benzene rings is 4. The van der Waals surface area contributed by atoms with Gasteiger partial charge >= 0.3 is 0 Å². The summed E-state index contributed by atoms with van der Waals surface area (Å²) in [5, 5.41) is 12.6. The molecule has 0 saturated carbocycles. The van der Waals surface area contributed by atoms with Crippen molar-refractivity contribution in [3.63, 3.8) is 0 Å². The van der Waals surface area contributed by atoms with Crippen LogP contribution in [-0.4, -0.2) is 32.7 Å². The number of rotatable bonds is 6. The highest BCUT2D eigenvalue weighted by molar-refractivity contribution is 6.89. The van der Waals surface area contributed by atoms with Crippen LogP contribution in [0.2, 0.25) is 19.6 Å². The van der Waals surface area contributed by atoms with E-state index in [1.54, 1.807) is 6.20 Å². The molecule has 0 amide bonds. The summed E-state index contributed by atoms with van der Waals surface area (Å²) in [6.45, 7) is 20.4. The first kappa shape index (κ1) is 35.1. The van der Waals surface area contributed by atoms with Crippen LogP contribution in [-0.2, 0) is 10.8 Å². The molecule has 0 radical (unpaired) electrons. The molecule has 3 aromatic heterocycles. The van der Waals surface area contributed by atoms with Gasteiger partial charge in [-0.05, 0) is 86.3 Å². The molecule has 0 aliphatic carbocycles. The summed E-state index contributed by atoms with van der Waals surface area (Å²) in [5.41, 5.74) is 11.9. The first-order valence-corrected chi connectivity index (χ1v) is 21.6. The third kappa shape index (κ3) is 6.71. The van der Waals surface area contributed by atoms with E-state index in [0.29, 0.717) is 11.4 Å². The number of hydrogen-bond acceptors (Lipinski definition) is 4. The number of nitrogens with zero attached hydrogens (tertiary/aromatic N) is 4. The van der Waals surface area contributed by atoms with E-state index in [1.165, 1.54) is 21.9 Å². The van der Waals surface area contributed by atoms with Gasteiger partial charge in [-0.15, -0.1) is 0 Å². The van der Waals surface area contributed by atoms with Crippen LogP contribution in [0.15, 0.2) is 122 Å². The number of para-hydroxylation sites is 2. The molecule has 0 bridgehead atoms. The topological polar surface area (TPSA) is 63.8 Å². The van der Waals surface area contributed by atoms with Gasteiger partial charge in [0, 0.05) is 29.2 Å². The van der Waals surface area contributed by atoms with Crippen molar-refractivity contribution in [2.75, 3.05) is 0 Å². The summed E-state index contributed by atoms with van der Waals surface area (Å²) < 4.78 is 2.14. The van der Waals surface area contributed by atoms with Crippen LogP contribution >= 0.6 is 0 Å². The zero-order valence-corrected chi connectivity index (χ0v) is 32.8. The minimum absolute atomic E-state index is 0.0406. The SMILES string of the molecule is CC(C)(C)c1cc(-c2cc(-c3ccccc3)c([Si](C)(C)C)cn2)cc(-c2cccc3c2nc(-c2cc(C(C)(C)C)cnc2O)n3-c2ccccc2)c1. The lowest BCUT2D eigenvalue weighted by Gasteiger charge is -2.23. The highest BCUT2D eigenvalue weighted by atomic mass is 28.3. The molecule has 262 valence electrons. The molecule has 7 rings (SSSR count). The Hall–Kier alpha value is -5.33. The first-order chi connectivity index (χ1) is 24.6. The molecule has 52 heavy (non-hydrogen) atoms. The van der Waals surface area contributed by atoms with Gasteiger partial charge in [-0.25, -0.2) is 9.97 Å². The van der Waals surface area contributed by atoms with Crippen molar-refractivity contribution in [2.24, 2.45) is 0 Å². The molecule has 5 nitrogen and oxygen atoms in total. The van der Waals surface area contributed by atoms with Gasteiger partial charge in [-0.1, -0.05) is 128 Å². The lowest BCUT2D eigenvalue weighted by atomic mass is 9.83. The monoisotopic (exact) mass is 700 g/mol. The molecule has 0 fully saturated rings. The van der Waals surface area contributed by atoms with E-state index in [1.807, 2.05) is 24.3 Å². The van der Waals surface area contributed by atoms with Gasteiger partial charge in [-0.3, -0.25) is 9.55 Å². The molecule has 4 aromatic carbocycles. The van der Waals surface area contributed by atoms with Crippen molar-refractivity contribution in [1.82, 2.24) is 19.5 Å². The molecule has 7 aromatic rings. The van der Waals surface area contributed by atoms with Crippen LogP contribution in [0.5, 0.6) is 5.88 Å². The number of fused-ring (bicyclic) bond motifs is 1. The van der Waals surface area contributed by atoms with Crippen LogP contribution in [0.3, 0.4) is 0 Å². The molecule has 6 heteroatoms. The number of aromatic hydroxyl groups is 1. The Kier molecular flexibility index (Phi) is 8.78. The second-order valence-electron chi connectivity index (χ2n) is 16.9. The molecular formula is C46H48N4OSi. The second-order valence-corrected chi connectivity index (χ2v) is 21.9. The number of imidazole rings is 1. The van der Waals surface area contributed by atoms with Gasteiger partial charge < -0.3 is 5.11 Å². The van der Waals surface area contributed by atoms with E-state index in [2.05, 4.69) is 162 Å². The van der Waals surface area contributed by atoms with Crippen LogP contribution in [0.4, 0.5) is 0 Å². The van der Waals surface area contributed by atoms with Crippen molar-refractivity contribution in [3.8, 4) is 56.5 Å². The fourth-order valence-corrected chi connectivity index (χ4v) is 8.29. The minimum atomic E-state index is -1.69. The van der Waals surface area contributed by atoms with E-state index < -0.39 is 8.07 Å². The lowest BCUT2D eigenvalue weighted by molar-refractivity contribution is 0.453. The van der Waals surface area contributed by atoms with Gasteiger partial charge in [0.25, 0.3) is 0 Å². The predicted molar refractivity (Wildman–Crippen MR) is 220 cm³/mol. The van der Waals surface area contributed by atoms with Gasteiger partial charge in [0.15, 0.2) is 5.82 Å². The van der Waals surface area contributed by atoms with Crippen molar-refractivity contribution in [2.45, 2.75) is 72.0 Å². The Morgan fingerprint density at radius 2 is 1.23 bits per heavy atom. The molecule has 0 saturated heterocycles. The standard InChI is InChI=1S/C46H48N4OSi/c1-45(2,3)33-24-31(23-32(25-33)39-27-37(30-17-12-10-13-18-30)41(29-47-39)52(7,8)9)36-21-16-22-40-42(36)49-43(50(40)35-19-14-11-15-20-35)38-26-34(46(4,5)6)28-48-44(38)51/h10-29H,1-9H3,(H,48,51). The third-order valence-electron chi connectivity index (χ3n) is 9.88. The van der Waals surface area contributed by atoms with Crippen molar-refractivity contribution >= 4 is 24.3 Å². The molecule has 0 aliphatic heterocycles. The molecule has 0 aliphatic rings. The first-order valence-electron chi connectivity index (χ1n) is 18.1. The highest BCUT2D eigenvalue weighted by Crippen LogP contribution is 2.40. The third-order valence-corrected chi connectivity index (χ3v) is 11.9. The summed E-state index contributed by atoms with van der Waals surface area (Å²) in [5.74, 6) is 0.606. The van der Waals surface area contributed by atoms with Gasteiger partial charge in [0.1, 0.15) is 0 Å². The van der Waals surface area contributed by atoms with Gasteiger partial charge in [-0.2, -0.15) is 0 Å². The number of pyridine rings is 2. The smallest absolute Gasteiger partial charge is 0.222 e. The van der Waals surface area contributed by atoms with Crippen LogP contribution in [0, 0.1) is 0 Å². The Balaban J connectivity index is 1.49. The van der Waals surface area contributed by atoms with Gasteiger partial charge in [0.05, 0.1) is 30.4 Å². The fourth-order valence-electron chi connectivity index (χ4n) is 6.82. The average Bonchev–Trinajstić information content (AvgIpc) is 3.50. The lowest BCUT2D eigenvalue weighted by Crippen LogP contribution is -2.39. The van der Waals surface area contributed by atoms with Crippen LogP contribution in [0.1, 0.15) is 52.7 Å². The van der Waals surface area contributed by atoms with Crippen molar-refractivity contribution in [1.29, 1.82) is 0 Å². The number of hydrogen-bond donors (Lipinski definition) is 1. The van der Waals surface area contributed by atoms with E-state index in [-0.39, 0.29) is 16.7 Å². The fraction of sp³-hybridized carbons (Fsp3) is 0.239. The van der Waals surface area contributed by atoms with Crippen molar-refractivity contribution < 1.29 is 5.11 Å². The molecule has 1 N–H and O–H groups in total. The molecule has 3 heterocycles. The van der Waals surface area contributed by atoms with Crippen LogP contribution in [0.25, 0.3) is 61.6 Å². The average molecular weight is 701 g/mol. The molecule has 0 atom stereocenters. The predicted octanol–water partition coefficient (Wildman–Crippen LogP) is 11.3. The summed E-state index contributed by atoms with van der Waals surface area (Å²) >= 11 is 0. The van der Waals surface area contributed by atoms with E-state index in [9.17, 15) is 5.11 Å². The Bertz CT molecular complexity index is 2410.